The van der Waals surface area contributed by atoms with Crippen LogP contribution < -0.4 is 16.6 Å². The Kier molecular flexibility index (Phi) is 6.72. The molecule has 1 fully saturated rings. The highest BCUT2D eigenvalue weighted by Crippen LogP contribution is 2.29. The quantitative estimate of drug-likeness (QED) is 0.279. The van der Waals surface area contributed by atoms with Crippen LogP contribution in [0.15, 0.2) is 21.7 Å². The lowest BCUT2D eigenvalue weighted by molar-refractivity contribution is -0.154. The van der Waals surface area contributed by atoms with Gasteiger partial charge >= 0.3 is 11.7 Å². The fraction of sp³-hybridized carbons (Fsp3) is 0.560. The number of aromatic amines is 1. The summed E-state index contributed by atoms with van der Waals surface area (Å²) in [6.45, 7) is 7.84. The summed E-state index contributed by atoms with van der Waals surface area (Å²) in [6.07, 6.45) is 5.68. The first-order valence-electron chi connectivity index (χ1n) is 12.0. The molecule has 2 N–H and O–H groups in total. The first kappa shape index (κ1) is 23.9. The SMILES string of the molecule is Cc1cc2nc3c(=O)n(CCCCCCC(=O)OC(C)(C)C)c(=O)[nH]c3nc2cc1NC1CC1. The van der Waals surface area contributed by atoms with Crippen molar-refractivity contribution in [3.05, 3.63) is 38.5 Å². The van der Waals surface area contributed by atoms with Crippen LogP contribution >= 0.6 is 0 Å². The number of fused-ring (bicyclic) bond motifs is 2. The van der Waals surface area contributed by atoms with Gasteiger partial charge in [-0.2, -0.15) is 0 Å². The first-order valence-corrected chi connectivity index (χ1v) is 12.0. The van der Waals surface area contributed by atoms with Crippen LogP contribution in [0.4, 0.5) is 5.69 Å². The van der Waals surface area contributed by atoms with E-state index in [2.05, 4.69) is 20.3 Å². The second kappa shape index (κ2) is 9.56. The normalized spacial score (nSPS) is 14.0. The van der Waals surface area contributed by atoms with Crippen LogP contribution in [0.3, 0.4) is 0 Å². The lowest BCUT2D eigenvalue weighted by Gasteiger charge is -2.19. The Balaban J connectivity index is 1.43. The van der Waals surface area contributed by atoms with Crippen LogP contribution in [0.5, 0.6) is 0 Å². The van der Waals surface area contributed by atoms with E-state index < -0.39 is 16.9 Å². The van der Waals surface area contributed by atoms with Gasteiger partial charge in [-0.15, -0.1) is 0 Å². The maximum absolute atomic E-state index is 13.0. The number of carbonyl (C=O) groups excluding carboxylic acids is 1. The summed E-state index contributed by atoms with van der Waals surface area (Å²) < 4.78 is 6.49. The summed E-state index contributed by atoms with van der Waals surface area (Å²) in [5.41, 5.74) is 2.30. The fourth-order valence-corrected chi connectivity index (χ4v) is 3.92. The van der Waals surface area contributed by atoms with Gasteiger partial charge < -0.3 is 10.1 Å². The molecule has 1 aromatic carbocycles. The maximum atomic E-state index is 13.0. The predicted molar refractivity (Wildman–Crippen MR) is 132 cm³/mol. The molecule has 9 nitrogen and oxygen atoms in total. The highest BCUT2D eigenvalue weighted by Gasteiger charge is 2.22. The molecular formula is C25H33N5O4. The van der Waals surface area contributed by atoms with Crippen LogP contribution in [0, 0.1) is 6.92 Å². The van der Waals surface area contributed by atoms with Crippen molar-refractivity contribution in [1.29, 1.82) is 0 Å². The van der Waals surface area contributed by atoms with Gasteiger partial charge in [-0.3, -0.25) is 19.1 Å². The first-order chi connectivity index (χ1) is 16.1. The molecule has 0 amide bonds. The van der Waals surface area contributed by atoms with E-state index >= 15 is 0 Å². The number of aryl methyl sites for hydroxylation is 1. The van der Waals surface area contributed by atoms with E-state index in [1.165, 1.54) is 4.57 Å². The summed E-state index contributed by atoms with van der Waals surface area (Å²) >= 11 is 0. The minimum Gasteiger partial charge on any atom is -0.460 e. The molecule has 0 saturated heterocycles. The van der Waals surface area contributed by atoms with E-state index in [0.717, 1.165) is 36.9 Å². The maximum Gasteiger partial charge on any atom is 0.330 e. The van der Waals surface area contributed by atoms with Crippen molar-refractivity contribution in [1.82, 2.24) is 19.5 Å². The molecule has 4 rings (SSSR count). The molecule has 1 aliphatic rings. The smallest absolute Gasteiger partial charge is 0.330 e. The summed E-state index contributed by atoms with van der Waals surface area (Å²) in [4.78, 5) is 49.1. The monoisotopic (exact) mass is 467 g/mol. The number of anilines is 1. The number of hydrogen-bond acceptors (Lipinski definition) is 7. The highest BCUT2D eigenvalue weighted by atomic mass is 16.6. The average Bonchev–Trinajstić information content (AvgIpc) is 3.55. The molecular weight excluding hydrogens is 434 g/mol. The third-order valence-electron chi connectivity index (χ3n) is 5.80. The Bertz CT molecular complexity index is 1330. The number of benzene rings is 1. The molecule has 1 saturated carbocycles. The number of H-pyrrole nitrogens is 1. The van der Waals surface area contributed by atoms with Gasteiger partial charge in [-0.05, 0) is 71.1 Å². The molecule has 0 unspecified atom stereocenters. The topological polar surface area (TPSA) is 119 Å². The number of nitrogens with one attached hydrogen (secondary N) is 2. The molecule has 9 heteroatoms. The number of aromatic nitrogens is 4. The molecule has 182 valence electrons. The average molecular weight is 468 g/mol. The molecule has 2 aromatic heterocycles. The van der Waals surface area contributed by atoms with Crippen LogP contribution in [0.1, 0.15) is 71.3 Å². The molecule has 0 aliphatic heterocycles. The molecule has 0 bridgehead atoms. The Morgan fingerprint density at radius 1 is 1.12 bits per heavy atom. The Morgan fingerprint density at radius 3 is 2.53 bits per heavy atom. The van der Waals surface area contributed by atoms with Crippen molar-refractivity contribution >= 4 is 33.9 Å². The molecule has 3 aromatic rings. The minimum atomic E-state index is -0.483. The van der Waals surface area contributed by atoms with Gasteiger partial charge in [0.15, 0.2) is 11.2 Å². The summed E-state index contributed by atoms with van der Waals surface area (Å²) in [5, 5.41) is 3.48. The van der Waals surface area contributed by atoms with Gasteiger partial charge in [-0.25, -0.2) is 14.8 Å². The van der Waals surface area contributed by atoms with Crippen LogP contribution in [0.25, 0.3) is 22.2 Å². The van der Waals surface area contributed by atoms with Gasteiger partial charge in [0.2, 0.25) is 0 Å². The fourth-order valence-electron chi connectivity index (χ4n) is 3.92. The number of hydrogen-bond donors (Lipinski definition) is 2. The molecule has 2 heterocycles. The third-order valence-corrected chi connectivity index (χ3v) is 5.80. The zero-order valence-electron chi connectivity index (χ0n) is 20.4. The van der Waals surface area contributed by atoms with Gasteiger partial charge in [0, 0.05) is 24.7 Å². The third kappa shape index (κ3) is 5.81. The van der Waals surface area contributed by atoms with Gasteiger partial charge in [0.05, 0.1) is 11.0 Å². The molecule has 1 aliphatic carbocycles. The Morgan fingerprint density at radius 2 is 1.82 bits per heavy atom. The predicted octanol–water partition coefficient (Wildman–Crippen LogP) is 3.81. The van der Waals surface area contributed by atoms with E-state index in [1.807, 2.05) is 39.8 Å². The standard InChI is InChI=1S/C25H33N5O4/c1-15-13-18-19(14-17(15)26-16-10-11-16)28-22-21(27-18)23(32)30(24(33)29-22)12-8-6-5-7-9-20(31)34-25(2,3)4/h13-14,16,26H,5-12H2,1-4H3,(H,28,29,33). The lowest BCUT2D eigenvalue weighted by Crippen LogP contribution is -2.35. The van der Waals surface area contributed by atoms with E-state index in [9.17, 15) is 14.4 Å². The second-order valence-corrected chi connectivity index (χ2v) is 10.1. The molecule has 0 spiro atoms. The summed E-state index contributed by atoms with van der Waals surface area (Å²) in [6, 6.07) is 4.36. The number of ether oxygens (including phenoxy) is 1. The van der Waals surface area contributed by atoms with Gasteiger partial charge in [0.1, 0.15) is 5.60 Å². The summed E-state index contributed by atoms with van der Waals surface area (Å²) in [5.74, 6) is -0.203. The number of esters is 1. The zero-order chi connectivity index (χ0) is 24.5. The van der Waals surface area contributed by atoms with Crippen molar-refractivity contribution in [2.45, 2.75) is 90.8 Å². The number of carbonyl (C=O) groups is 1. The van der Waals surface area contributed by atoms with Crippen molar-refractivity contribution in [2.24, 2.45) is 0 Å². The molecule has 0 atom stereocenters. The number of rotatable bonds is 9. The van der Waals surface area contributed by atoms with E-state index in [-0.39, 0.29) is 17.1 Å². The second-order valence-electron chi connectivity index (χ2n) is 10.1. The largest absolute Gasteiger partial charge is 0.460 e. The van der Waals surface area contributed by atoms with Crippen molar-refractivity contribution in [2.75, 3.05) is 5.32 Å². The van der Waals surface area contributed by atoms with E-state index in [4.69, 9.17) is 4.74 Å². The van der Waals surface area contributed by atoms with Crippen molar-refractivity contribution in [3.63, 3.8) is 0 Å². The molecule has 0 radical (unpaired) electrons. The Hall–Kier alpha value is -3.23. The zero-order valence-corrected chi connectivity index (χ0v) is 20.4. The number of nitrogens with zero attached hydrogens (tertiary/aromatic N) is 3. The highest BCUT2D eigenvalue weighted by molar-refractivity contribution is 5.87. The van der Waals surface area contributed by atoms with Crippen LogP contribution in [-0.2, 0) is 16.1 Å². The van der Waals surface area contributed by atoms with Crippen LogP contribution in [-0.4, -0.2) is 37.1 Å². The van der Waals surface area contributed by atoms with E-state index in [0.29, 0.717) is 42.9 Å². The number of unbranched alkanes of at least 4 members (excludes halogenated alkanes) is 3. The van der Waals surface area contributed by atoms with Gasteiger partial charge in [-0.1, -0.05) is 12.8 Å². The van der Waals surface area contributed by atoms with Crippen LogP contribution in [0.2, 0.25) is 0 Å². The Labute approximate surface area is 197 Å². The lowest BCUT2D eigenvalue weighted by atomic mass is 10.1. The minimum absolute atomic E-state index is 0.166. The van der Waals surface area contributed by atoms with Crippen molar-refractivity contribution in [3.8, 4) is 0 Å². The summed E-state index contributed by atoms with van der Waals surface area (Å²) in [7, 11) is 0. The van der Waals surface area contributed by atoms with Gasteiger partial charge in [0.25, 0.3) is 5.56 Å². The van der Waals surface area contributed by atoms with Crippen molar-refractivity contribution < 1.29 is 9.53 Å². The van der Waals surface area contributed by atoms with E-state index in [1.54, 1.807) is 0 Å². The molecule has 34 heavy (non-hydrogen) atoms.